The Hall–Kier alpha value is -3.59. The minimum atomic E-state index is 0.840. The van der Waals surface area contributed by atoms with Crippen LogP contribution in [0.4, 0.5) is 0 Å². The van der Waals surface area contributed by atoms with Crippen molar-refractivity contribution in [2.45, 2.75) is 6.92 Å². The summed E-state index contributed by atoms with van der Waals surface area (Å²) < 4.78 is 5.32. The predicted octanol–water partition coefficient (Wildman–Crippen LogP) is 6.37. The van der Waals surface area contributed by atoms with Gasteiger partial charge in [-0.15, -0.1) is 0 Å². The third-order valence-corrected chi connectivity index (χ3v) is 5.31. The summed E-state index contributed by atoms with van der Waals surface area (Å²) in [7, 11) is 1.68. The number of H-pyrrole nitrogens is 1. The molecule has 5 aromatic rings. The number of nitrogens with zero attached hydrogens (tertiary/aromatic N) is 1. The first-order valence-electron chi connectivity index (χ1n) is 9.36. The first-order chi connectivity index (χ1) is 13.8. The van der Waals surface area contributed by atoms with E-state index in [1.807, 2.05) is 24.4 Å². The molecule has 0 saturated heterocycles. The Labute approximate surface area is 163 Å². The number of aromatic amines is 1. The maximum absolute atomic E-state index is 5.32. The lowest BCUT2D eigenvalue weighted by atomic mass is 9.96. The molecule has 0 unspecified atom stereocenters. The number of hydrogen-bond donors (Lipinski definition) is 1. The van der Waals surface area contributed by atoms with Gasteiger partial charge in [-0.2, -0.15) is 0 Å². The maximum atomic E-state index is 5.32. The smallest absolute Gasteiger partial charge is 0.118 e. The van der Waals surface area contributed by atoms with E-state index in [4.69, 9.17) is 9.72 Å². The highest BCUT2D eigenvalue weighted by Crippen LogP contribution is 2.39. The molecule has 28 heavy (non-hydrogen) atoms. The highest BCUT2D eigenvalue weighted by Gasteiger charge is 2.17. The van der Waals surface area contributed by atoms with E-state index in [-0.39, 0.29) is 0 Å². The van der Waals surface area contributed by atoms with Crippen molar-refractivity contribution in [3.8, 4) is 28.1 Å². The molecule has 1 N–H and O–H groups in total. The molecule has 0 fully saturated rings. The number of hydrogen-bond acceptors (Lipinski definition) is 2. The molecular formula is C25H20N2O. The molecule has 5 rings (SSSR count). The molecule has 0 aliphatic rings. The molecule has 0 aliphatic carbocycles. The van der Waals surface area contributed by atoms with Crippen LogP contribution in [0.2, 0.25) is 0 Å². The second-order valence-corrected chi connectivity index (χ2v) is 6.99. The van der Waals surface area contributed by atoms with Crippen molar-refractivity contribution >= 4 is 21.8 Å². The summed E-state index contributed by atoms with van der Waals surface area (Å²) in [5.41, 5.74) is 7.82. The van der Waals surface area contributed by atoms with E-state index in [0.29, 0.717) is 0 Å². The average molecular weight is 364 g/mol. The van der Waals surface area contributed by atoms with Gasteiger partial charge in [0.15, 0.2) is 0 Å². The number of methoxy groups -OCH3 is 1. The molecule has 0 spiro atoms. The quantitative estimate of drug-likeness (QED) is 0.404. The third-order valence-electron chi connectivity index (χ3n) is 5.31. The molecule has 0 amide bonds. The van der Waals surface area contributed by atoms with Crippen molar-refractivity contribution in [1.82, 2.24) is 9.97 Å². The van der Waals surface area contributed by atoms with Crippen LogP contribution in [0.15, 0.2) is 79.0 Å². The Balaban J connectivity index is 1.87. The zero-order valence-electron chi connectivity index (χ0n) is 15.9. The monoisotopic (exact) mass is 364 g/mol. The number of fused-ring (bicyclic) bond motifs is 3. The zero-order chi connectivity index (χ0) is 19.1. The fourth-order valence-corrected chi connectivity index (χ4v) is 3.95. The Kier molecular flexibility index (Phi) is 3.87. The SMILES string of the molecule is COc1ccc(-c2ncc3c([nH]c4cccc(C)c43)c2-c2ccccc2)cc1. The molecule has 2 aromatic heterocycles. The standard InChI is InChI=1S/C25H20N2O/c1-16-7-6-10-21-22(16)20-15-26-24(18-11-13-19(28-2)14-12-18)23(25(20)27-21)17-8-4-3-5-9-17/h3-15,27H,1-2H3. The molecule has 0 saturated carbocycles. The molecule has 2 heterocycles. The van der Waals surface area contributed by atoms with E-state index < -0.39 is 0 Å². The summed E-state index contributed by atoms with van der Waals surface area (Å²) in [5, 5.41) is 2.40. The Morgan fingerprint density at radius 3 is 2.36 bits per heavy atom. The van der Waals surface area contributed by atoms with Crippen LogP contribution in [-0.4, -0.2) is 17.1 Å². The molecule has 0 aliphatic heterocycles. The van der Waals surface area contributed by atoms with E-state index in [9.17, 15) is 0 Å². The molecule has 0 radical (unpaired) electrons. The van der Waals surface area contributed by atoms with Gasteiger partial charge in [0.05, 0.1) is 18.3 Å². The van der Waals surface area contributed by atoms with Crippen LogP contribution in [0.1, 0.15) is 5.56 Å². The van der Waals surface area contributed by atoms with Crippen molar-refractivity contribution in [1.29, 1.82) is 0 Å². The Morgan fingerprint density at radius 1 is 0.821 bits per heavy atom. The first-order valence-corrected chi connectivity index (χ1v) is 9.36. The van der Waals surface area contributed by atoms with E-state index in [1.165, 1.54) is 10.9 Å². The normalized spacial score (nSPS) is 11.2. The summed E-state index contributed by atoms with van der Waals surface area (Å²) in [6.07, 6.45) is 1.99. The fourth-order valence-electron chi connectivity index (χ4n) is 3.95. The Morgan fingerprint density at radius 2 is 1.61 bits per heavy atom. The van der Waals surface area contributed by atoms with Gasteiger partial charge in [-0.3, -0.25) is 4.98 Å². The number of benzene rings is 3. The van der Waals surface area contributed by atoms with Gasteiger partial charge < -0.3 is 9.72 Å². The van der Waals surface area contributed by atoms with E-state index in [0.717, 1.165) is 44.6 Å². The van der Waals surface area contributed by atoms with Crippen LogP contribution in [0.25, 0.3) is 44.2 Å². The second kappa shape index (κ2) is 6.54. The number of aryl methyl sites for hydroxylation is 1. The van der Waals surface area contributed by atoms with Gasteiger partial charge in [0.1, 0.15) is 5.75 Å². The van der Waals surface area contributed by atoms with Crippen molar-refractivity contribution in [3.63, 3.8) is 0 Å². The molecule has 3 aromatic carbocycles. The van der Waals surface area contributed by atoms with E-state index in [2.05, 4.69) is 66.5 Å². The summed E-state index contributed by atoms with van der Waals surface area (Å²) in [4.78, 5) is 8.57. The lowest BCUT2D eigenvalue weighted by Crippen LogP contribution is -1.92. The second-order valence-electron chi connectivity index (χ2n) is 6.99. The van der Waals surface area contributed by atoms with Crippen LogP contribution < -0.4 is 4.74 Å². The van der Waals surface area contributed by atoms with Crippen molar-refractivity contribution in [2.24, 2.45) is 0 Å². The largest absolute Gasteiger partial charge is 0.497 e. The van der Waals surface area contributed by atoms with Crippen LogP contribution in [0.5, 0.6) is 5.75 Å². The van der Waals surface area contributed by atoms with Gasteiger partial charge in [-0.25, -0.2) is 0 Å². The minimum absolute atomic E-state index is 0.840. The minimum Gasteiger partial charge on any atom is -0.497 e. The molecule has 3 nitrogen and oxygen atoms in total. The molecule has 0 bridgehead atoms. The van der Waals surface area contributed by atoms with Crippen LogP contribution >= 0.6 is 0 Å². The van der Waals surface area contributed by atoms with Gasteiger partial charge in [0.25, 0.3) is 0 Å². The molecule has 3 heteroatoms. The fraction of sp³-hybridized carbons (Fsp3) is 0.0800. The lowest BCUT2D eigenvalue weighted by Gasteiger charge is -2.11. The van der Waals surface area contributed by atoms with Crippen molar-refractivity contribution in [3.05, 3.63) is 84.6 Å². The summed E-state index contributed by atoms with van der Waals surface area (Å²) >= 11 is 0. The number of rotatable bonds is 3. The van der Waals surface area contributed by atoms with Crippen LogP contribution in [0, 0.1) is 6.92 Å². The third kappa shape index (κ3) is 2.55. The van der Waals surface area contributed by atoms with Gasteiger partial charge in [0, 0.05) is 33.6 Å². The van der Waals surface area contributed by atoms with Gasteiger partial charge in [-0.05, 0) is 48.4 Å². The van der Waals surface area contributed by atoms with Gasteiger partial charge >= 0.3 is 0 Å². The molecule has 136 valence electrons. The highest BCUT2D eigenvalue weighted by molar-refractivity contribution is 6.14. The Bertz CT molecular complexity index is 1290. The number of nitrogens with one attached hydrogen (secondary N) is 1. The summed E-state index contributed by atoms with van der Waals surface area (Å²) in [6.45, 7) is 2.15. The zero-order valence-corrected chi connectivity index (χ0v) is 15.9. The number of pyridine rings is 1. The molecular weight excluding hydrogens is 344 g/mol. The van der Waals surface area contributed by atoms with Crippen LogP contribution in [0.3, 0.4) is 0 Å². The van der Waals surface area contributed by atoms with E-state index >= 15 is 0 Å². The topological polar surface area (TPSA) is 37.9 Å². The van der Waals surface area contributed by atoms with Crippen molar-refractivity contribution in [2.75, 3.05) is 7.11 Å². The average Bonchev–Trinajstić information content (AvgIpc) is 3.13. The number of aromatic nitrogens is 2. The van der Waals surface area contributed by atoms with E-state index in [1.54, 1.807) is 7.11 Å². The lowest BCUT2D eigenvalue weighted by molar-refractivity contribution is 0.415. The summed E-state index contributed by atoms with van der Waals surface area (Å²) in [6, 6.07) is 24.9. The number of ether oxygens (including phenoxy) is 1. The molecule has 0 atom stereocenters. The van der Waals surface area contributed by atoms with Crippen molar-refractivity contribution < 1.29 is 4.74 Å². The summed E-state index contributed by atoms with van der Waals surface area (Å²) in [5.74, 6) is 0.840. The highest BCUT2D eigenvalue weighted by atomic mass is 16.5. The van der Waals surface area contributed by atoms with Gasteiger partial charge in [-0.1, -0.05) is 42.5 Å². The van der Waals surface area contributed by atoms with Crippen LogP contribution in [-0.2, 0) is 0 Å². The van der Waals surface area contributed by atoms with Gasteiger partial charge in [0.2, 0.25) is 0 Å². The maximum Gasteiger partial charge on any atom is 0.118 e. The first kappa shape index (κ1) is 16.6. The predicted molar refractivity (Wildman–Crippen MR) is 116 cm³/mol.